The lowest BCUT2D eigenvalue weighted by Crippen LogP contribution is -2.39. The summed E-state index contributed by atoms with van der Waals surface area (Å²) in [4.78, 5) is 36.4. The topological polar surface area (TPSA) is 110 Å². The molecule has 4 heterocycles. The monoisotopic (exact) mass is 463 g/mol. The number of aryl methyl sites for hydroxylation is 1. The van der Waals surface area contributed by atoms with Crippen LogP contribution in [0.15, 0.2) is 41.1 Å². The average molecular weight is 464 g/mol. The third kappa shape index (κ3) is 4.05. The van der Waals surface area contributed by atoms with Gasteiger partial charge in [-0.2, -0.15) is 4.98 Å². The third-order valence-electron chi connectivity index (χ3n) is 5.55. The first kappa shape index (κ1) is 21.1. The highest BCUT2D eigenvalue weighted by atomic mass is 32.1. The van der Waals surface area contributed by atoms with Crippen molar-refractivity contribution in [1.82, 2.24) is 20.0 Å². The van der Waals surface area contributed by atoms with Crippen molar-refractivity contribution in [2.24, 2.45) is 0 Å². The zero-order valence-electron chi connectivity index (χ0n) is 18.1. The Balaban J connectivity index is 1.30. The SMILES string of the molecule is COC(=O)c1cc2c(s1)C(=O)N(CCNc1nccc3ccc(-c4noc(C)n4)cc13)CC2. The number of hydrogen-bond donors (Lipinski definition) is 1. The van der Waals surface area contributed by atoms with Crippen LogP contribution in [-0.4, -0.2) is 58.6 Å². The second-order valence-electron chi connectivity index (χ2n) is 7.66. The van der Waals surface area contributed by atoms with Crippen molar-refractivity contribution in [2.45, 2.75) is 13.3 Å². The molecule has 4 aromatic rings. The number of benzene rings is 1. The number of aromatic nitrogens is 3. The van der Waals surface area contributed by atoms with Crippen LogP contribution in [-0.2, 0) is 11.2 Å². The van der Waals surface area contributed by atoms with Crippen LogP contribution in [0.25, 0.3) is 22.2 Å². The summed E-state index contributed by atoms with van der Waals surface area (Å²) < 4.78 is 9.87. The Morgan fingerprint density at radius 3 is 2.97 bits per heavy atom. The maximum Gasteiger partial charge on any atom is 0.348 e. The average Bonchev–Trinajstić information content (AvgIpc) is 3.47. The summed E-state index contributed by atoms with van der Waals surface area (Å²) in [6.07, 6.45) is 2.47. The summed E-state index contributed by atoms with van der Waals surface area (Å²) >= 11 is 1.19. The molecule has 0 fully saturated rings. The van der Waals surface area contributed by atoms with Crippen molar-refractivity contribution in [1.29, 1.82) is 0 Å². The van der Waals surface area contributed by atoms with Gasteiger partial charge in [-0.05, 0) is 35.6 Å². The van der Waals surface area contributed by atoms with Gasteiger partial charge in [-0.3, -0.25) is 4.79 Å². The van der Waals surface area contributed by atoms with Crippen LogP contribution in [0.4, 0.5) is 5.82 Å². The molecule has 33 heavy (non-hydrogen) atoms. The number of amides is 1. The lowest BCUT2D eigenvalue weighted by atomic mass is 10.1. The van der Waals surface area contributed by atoms with E-state index in [0.717, 1.165) is 27.7 Å². The van der Waals surface area contributed by atoms with Crippen molar-refractivity contribution in [3.05, 3.63) is 57.7 Å². The van der Waals surface area contributed by atoms with Crippen LogP contribution in [0.2, 0.25) is 0 Å². The van der Waals surface area contributed by atoms with Gasteiger partial charge in [0.25, 0.3) is 5.91 Å². The van der Waals surface area contributed by atoms with E-state index < -0.39 is 5.97 Å². The van der Waals surface area contributed by atoms with Gasteiger partial charge in [0.1, 0.15) is 10.7 Å². The van der Waals surface area contributed by atoms with Gasteiger partial charge >= 0.3 is 5.97 Å². The predicted octanol–water partition coefficient (Wildman–Crippen LogP) is 3.55. The van der Waals surface area contributed by atoms with Gasteiger partial charge in [-0.1, -0.05) is 17.3 Å². The fourth-order valence-corrected chi connectivity index (χ4v) is 4.98. The van der Waals surface area contributed by atoms with Gasteiger partial charge in [-0.15, -0.1) is 11.3 Å². The van der Waals surface area contributed by atoms with Gasteiger partial charge in [0, 0.05) is 43.7 Å². The molecule has 0 spiro atoms. The maximum absolute atomic E-state index is 12.9. The minimum absolute atomic E-state index is 0.0566. The van der Waals surface area contributed by atoms with E-state index in [1.165, 1.54) is 18.4 Å². The first-order chi connectivity index (χ1) is 16.0. The molecular weight excluding hydrogens is 442 g/mol. The highest BCUT2D eigenvalue weighted by Crippen LogP contribution is 2.29. The molecule has 0 unspecified atom stereocenters. The van der Waals surface area contributed by atoms with E-state index in [1.54, 1.807) is 24.1 Å². The molecule has 1 aliphatic heterocycles. The summed E-state index contributed by atoms with van der Waals surface area (Å²) in [7, 11) is 1.34. The molecule has 1 aromatic carbocycles. The molecule has 1 aliphatic rings. The number of ether oxygens (including phenoxy) is 1. The van der Waals surface area contributed by atoms with Crippen LogP contribution in [0.3, 0.4) is 0 Å². The molecule has 1 N–H and O–H groups in total. The number of carbonyl (C=O) groups excluding carboxylic acids is 2. The van der Waals surface area contributed by atoms with Crippen molar-refractivity contribution in [3.63, 3.8) is 0 Å². The lowest BCUT2D eigenvalue weighted by Gasteiger charge is -2.26. The molecule has 3 aromatic heterocycles. The second kappa shape index (κ2) is 8.62. The lowest BCUT2D eigenvalue weighted by molar-refractivity contribution is 0.0605. The Bertz CT molecular complexity index is 1360. The molecule has 0 bridgehead atoms. The largest absolute Gasteiger partial charge is 0.465 e. The number of thiophene rings is 1. The zero-order chi connectivity index (χ0) is 22.9. The first-order valence-electron chi connectivity index (χ1n) is 10.5. The molecule has 9 nitrogen and oxygen atoms in total. The van der Waals surface area contributed by atoms with Crippen molar-refractivity contribution >= 4 is 39.8 Å². The molecule has 1 amide bonds. The number of esters is 1. The van der Waals surface area contributed by atoms with E-state index in [-0.39, 0.29) is 5.91 Å². The standard InChI is InChI=1S/C23H21N5O4S/c1-13-26-20(27-32-13)16-4-3-14-5-7-24-21(17(14)11-16)25-8-10-28-9-6-15-12-18(23(30)31-2)33-19(15)22(28)29/h3-5,7,11-12H,6,8-10H2,1-2H3,(H,24,25). The first-order valence-corrected chi connectivity index (χ1v) is 11.3. The van der Waals surface area contributed by atoms with Crippen LogP contribution >= 0.6 is 11.3 Å². The van der Waals surface area contributed by atoms with Crippen molar-refractivity contribution in [3.8, 4) is 11.4 Å². The van der Waals surface area contributed by atoms with E-state index in [1.807, 2.05) is 24.3 Å². The zero-order valence-corrected chi connectivity index (χ0v) is 18.9. The number of anilines is 1. The second-order valence-corrected chi connectivity index (χ2v) is 8.71. The number of pyridine rings is 1. The quantitative estimate of drug-likeness (QED) is 0.432. The molecule has 10 heteroatoms. The highest BCUT2D eigenvalue weighted by molar-refractivity contribution is 7.16. The summed E-state index contributed by atoms with van der Waals surface area (Å²) in [5, 5.41) is 9.31. The van der Waals surface area contributed by atoms with E-state index in [0.29, 0.717) is 47.5 Å². The Morgan fingerprint density at radius 2 is 2.18 bits per heavy atom. The van der Waals surface area contributed by atoms with Gasteiger partial charge in [-0.25, -0.2) is 9.78 Å². The molecule has 5 rings (SSSR count). The van der Waals surface area contributed by atoms with Gasteiger partial charge in [0.2, 0.25) is 11.7 Å². The Hall–Kier alpha value is -3.79. The molecule has 0 saturated heterocycles. The molecule has 0 radical (unpaired) electrons. The van der Waals surface area contributed by atoms with E-state index >= 15 is 0 Å². The van der Waals surface area contributed by atoms with Crippen LogP contribution in [0.5, 0.6) is 0 Å². The smallest absolute Gasteiger partial charge is 0.348 e. The Kier molecular flexibility index (Phi) is 5.51. The minimum atomic E-state index is -0.409. The number of rotatable bonds is 6. The van der Waals surface area contributed by atoms with Crippen LogP contribution in [0, 0.1) is 6.92 Å². The molecular formula is C23H21N5O4S. The van der Waals surface area contributed by atoms with Crippen molar-refractivity contribution < 1.29 is 18.8 Å². The number of nitrogens with one attached hydrogen (secondary N) is 1. The minimum Gasteiger partial charge on any atom is -0.465 e. The highest BCUT2D eigenvalue weighted by Gasteiger charge is 2.28. The molecule has 0 aliphatic carbocycles. The van der Waals surface area contributed by atoms with Crippen LogP contribution in [0.1, 0.15) is 30.8 Å². The number of carbonyl (C=O) groups is 2. The third-order valence-corrected chi connectivity index (χ3v) is 6.70. The van der Waals surface area contributed by atoms with Crippen LogP contribution < -0.4 is 5.32 Å². The Morgan fingerprint density at radius 1 is 1.30 bits per heavy atom. The molecule has 168 valence electrons. The number of hydrogen-bond acceptors (Lipinski definition) is 9. The maximum atomic E-state index is 12.9. The van der Waals surface area contributed by atoms with E-state index in [4.69, 9.17) is 9.26 Å². The van der Waals surface area contributed by atoms with Gasteiger partial charge in [0.05, 0.1) is 12.0 Å². The van der Waals surface area contributed by atoms with Gasteiger partial charge < -0.3 is 19.5 Å². The Labute approximate surface area is 193 Å². The summed E-state index contributed by atoms with van der Waals surface area (Å²) in [6.45, 7) is 3.41. The summed E-state index contributed by atoms with van der Waals surface area (Å²) in [6, 6.07) is 9.63. The normalized spacial score (nSPS) is 13.3. The van der Waals surface area contributed by atoms with E-state index in [2.05, 4.69) is 20.4 Å². The molecule has 0 atom stereocenters. The fraction of sp³-hybridized carbons (Fsp3) is 0.261. The number of methoxy groups -OCH3 is 1. The summed E-state index contributed by atoms with van der Waals surface area (Å²) in [5.74, 6) is 1.30. The van der Waals surface area contributed by atoms with E-state index in [9.17, 15) is 9.59 Å². The van der Waals surface area contributed by atoms with Crippen molar-refractivity contribution in [2.75, 3.05) is 32.1 Å². The number of nitrogens with zero attached hydrogens (tertiary/aromatic N) is 4. The summed E-state index contributed by atoms with van der Waals surface area (Å²) in [5.41, 5.74) is 1.75. The molecule has 0 saturated carbocycles. The van der Waals surface area contributed by atoms with Gasteiger partial charge in [0.15, 0.2) is 0 Å². The predicted molar refractivity (Wildman–Crippen MR) is 124 cm³/mol. The fourth-order valence-electron chi connectivity index (χ4n) is 3.88. The number of fused-ring (bicyclic) bond motifs is 2.